The Kier molecular flexibility index (Phi) is 3.08. The van der Waals surface area contributed by atoms with Gasteiger partial charge in [-0.2, -0.15) is 0 Å². The number of carboxylic acid groups (broad SMARTS) is 1. The minimum absolute atomic E-state index is 0.148. The van der Waals surface area contributed by atoms with Gasteiger partial charge >= 0.3 is 5.97 Å². The molecule has 2 heterocycles. The van der Waals surface area contributed by atoms with E-state index in [1.807, 2.05) is 5.38 Å². The monoisotopic (exact) mass is 286 g/mol. The molecule has 0 atom stereocenters. The van der Waals surface area contributed by atoms with Crippen LogP contribution in [0.25, 0.3) is 10.2 Å². The number of fused-ring (bicyclic) bond motifs is 1. The summed E-state index contributed by atoms with van der Waals surface area (Å²) >= 11 is 1.34. The van der Waals surface area contributed by atoms with Crippen LogP contribution in [0.2, 0.25) is 0 Å². The molecule has 0 fully saturated rings. The Morgan fingerprint density at radius 1 is 1.30 bits per heavy atom. The molecular weight excluding hydrogens is 276 g/mol. The van der Waals surface area contributed by atoms with Crippen LogP contribution in [-0.2, 0) is 6.54 Å². The van der Waals surface area contributed by atoms with E-state index < -0.39 is 5.97 Å². The van der Waals surface area contributed by atoms with Crippen LogP contribution in [0, 0.1) is 0 Å². The van der Waals surface area contributed by atoms with Crippen molar-refractivity contribution in [2.75, 3.05) is 0 Å². The lowest BCUT2D eigenvalue weighted by molar-refractivity contribution is 0.0695. The molecule has 0 radical (unpaired) electrons. The van der Waals surface area contributed by atoms with E-state index in [2.05, 4.69) is 4.98 Å². The molecule has 3 aromatic rings. The number of nitrogens with zero attached hydrogens (tertiary/aromatic N) is 2. The van der Waals surface area contributed by atoms with Crippen molar-refractivity contribution in [2.45, 2.75) is 6.54 Å². The highest BCUT2D eigenvalue weighted by Crippen LogP contribution is 2.14. The van der Waals surface area contributed by atoms with Crippen LogP contribution in [0.1, 0.15) is 15.9 Å². The van der Waals surface area contributed by atoms with Gasteiger partial charge in [-0.1, -0.05) is 18.2 Å². The summed E-state index contributed by atoms with van der Waals surface area (Å²) < 4.78 is 2.01. The smallest absolute Gasteiger partial charge is 0.336 e. The predicted octanol–water partition coefficient (Wildman–Crippen LogP) is 2.20. The van der Waals surface area contributed by atoms with Gasteiger partial charge < -0.3 is 5.11 Å². The van der Waals surface area contributed by atoms with E-state index in [1.165, 1.54) is 28.3 Å². The standard InChI is InChI=1S/C14H10N2O3S/c17-13-12-11(5-6-20-12)15-8-16(13)7-9-3-1-2-4-10(9)14(18)19/h1-6,8H,7H2,(H,18,19). The Bertz CT molecular complexity index is 851. The zero-order chi connectivity index (χ0) is 14.1. The lowest BCUT2D eigenvalue weighted by Crippen LogP contribution is -2.21. The SMILES string of the molecule is O=C(O)c1ccccc1Cn1cnc2ccsc2c1=O. The van der Waals surface area contributed by atoms with Crippen LogP contribution in [0.4, 0.5) is 0 Å². The zero-order valence-electron chi connectivity index (χ0n) is 10.3. The van der Waals surface area contributed by atoms with E-state index in [-0.39, 0.29) is 17.7 Å². The van der Waals surface area contributed by atoms with Crippen LogP contribution < -0.4 is 5.56 Å². The highest BCUT2D eigenvalue weighted by atomic mass is 32.1. The summed E-state index contributed by atoms with van der Waals surface area (Å²) in [6, 6.07) is 8.44. The molecule has 0 aliphatic rings. The fraction of sp³-hybridized carbons (Fsp3) is 0.0714. The number of aromatic carboxylic acids is 1. The highest BCUT2D eigenvalue weighted by Gasteiger charge is 2.11. The van der Waals surface area contributed by atoms with Crippen LogP contribution in [0.5, 0.6) is 0 Å². The maximum Gasteiger partial charge on any atom is 0.336 e. The van der Waals surface area contributed by atoms with Crippen molar-refractivity contribution < 1.29 is 9.90 Å². The third-order valence-corrected chi connectivity index (χ3v) is 3.92. The number of benzene rings is 1. The molecule has 3 rings (SSSR count). The Morgan fingerprint density at radius 2 is 2.10 bits per heavy atom. The molecule has 20 heavy (non-hydrogen) atoms. The summed E-state index contributed by atoms with van der Waals surface area (Å²) in [7, 11) is 0. The van der Waals surface area contributed by atoms with Crippen molar-refractivity contribution >= 4 is 27.5 Å². The van der Waals surface area contributed by atoms with Gasteiger partial charge in [0.15, 0.2) is 0 Å². The summed E-state index contributed by atoms with van der Waals surface area (Å²) in [5.74, 6) is -1.00. The molecule has 0 unspecified atom stereocenters. The topological polar surface area (TPSA) is 72.2 Å². The second kappa shape index (κ2) is 4.90. The van der Waals surface area contributed by atoms with Crippen LogP contribution in [0.15, 0.2) is 46.8 Å². The van der Waals surface area contributed by atoms with Crippen molar-refractivity contribution in [1.29, 1.82) is 0 Å². The van der Waals surface area contributed by atoms with E-state index in [0.717, 1.165) is 0 Å². The van der Waals surface area contributed by atoms with Gasteiger partial charge in [0, 0.05) is 0 Å². The number of thiophene rings is 1. The third kappa shape index (κ3) is 2.10. The second-order valence-corrected chi connectivity index (χ2v) is 5.19. The molecule has 0 aliphatic heterocycles. The van der Waals surface area contributed by atoms with E-state index in [9.17, 15) is 9.59 Å². The highest BCUT2D eigenvalue weighted by molar-refractivity contribution is 7.17. The molecule has 6 heteroatoms. The first-order valence-corrected chi connectivity index (χ1v) is 6.78. The molecule has 1 aromatic carbocycles. The van der Waals surface area contributed by atoms with E-state index >= 15 is 0 Å². The average Bonchev–Trinajstić information content (AvgIpc) is 2.91. The Morgan fingerprint density at radius 3 is 2.90 bits per heavy atom. The normalized spacial score (nSPS) is 10.8. The van der Waals surface area contributed by atoms with Crippen LogP contribution >= 0.6 is 11.3 Å². The minimum atomic E-state index is -1.00. The van der Waals surface area contributed by atoms with Gasteiger partial charge in [-0.25, -0.2) is 9.78 Å². The van der Waals surface area contributed by atoms with Gasteiger partial charge in [-0.3, -0.25) is 9.36 Å². The summed E-state index contributed by atoms with van der Waals surface area (Å²) in [4.78, 5) is 27.6. The van der Waals surface area contributed by atoms with Gasteiger partial charge in [0.1, 0.15) is 4.70 Å². The molecular formula is C14H10N2O3S. The van der Waals surface area contributed by atoms with Crippen LogP contribution in [-0.4, -0.2) is 20.6 Å². The lowest BCUT2D eigenvalue weighted by Gasteiger charge is -2.08. The number of hydrogen-bond acceptors (Lipinski definition) is 4. The van der Waals surface area contributed by atoms with E-state index in [1.54, 1.807) is 24.3 Å². The molecule has 0 saturated heterocycles. The van der Waals surface area contributed by atoms with Crippen molar-refractivity contribution in [3.63, 3.8) is 0 Å². The maximum atomic E-state index is 12.3. The molecule has 5 nitrogen and oxygen atoms in total. The number of aromatic nitrogens is 2. The molecule has 100 valence electrons. The molecule has 0 amide bonds. The number of rotatable bonds is 3. The second-order valence-electron chi connectivity index (χ2n) is 4.27. The lowest BCUT2D eigenvalue weighted by atomic mass is 10.1. The average molecular weight is 286 g/mol. The largest absolute Gasteiger partial charge is 0.478 e. The number of carbonyl (C=O) groups is 1. The fourth-order valence-corrected chi connectivity index (χ4v) is 2.83. The van der Waals surface area contributed by atoms with Gasteiger partial charge in [-0.05, 0) is 23.1 Å². The van der Waals surface area contributed by atoms with Gasteiger partial charge in [0.05, 0.1) is 24.0 Å². The Hall–Kier alpha value is -2.47. The Labute approximate surface area is 117 Å². The van der Waals surface area contributed by atoms with Gasteiger partial charge in [0.2, 0.25) is 0 Å². The first-order chi connectivity index (χ1) is 9.66. The van der Waals surface area contributed by atoms with Crippen molar-refractivity contribution in [3.8, 4) is 0 Å². The third-order valence-electron chi connectivity index (χ3n) is 3.02. The van der Waals surface area contributed by atoms with Crippen molar-refractivity contribution in [3.05, 3.63) is 63.5 Å². The molecule has 1 N–H and O–H groups in total. The molecule has 0 spiro atoms. The molecule has 2 aromatic heterocycles. The summed E-state index contributed by atoms with van der Waals surface area (Å²) in [5, 5.41) is 11.0. The Balaban J connectivity index is 2.08. The van der Waals surface area contributed by atoms with E-state index in [0.29, 0.717) is 15.8 Å². The van der Waals surface area contributed by atoms with E-state index in [4.69, 9.17) is 5.11 Å². The molecule has 0 aliphatic carbocycles. The quantitative estimate of drug-likeness (QED) is 0.801. The van der Waals surface area contributed by atoms with Gasteiger partial charge in [0.25, 0.3) is 5.56 Å². The van der Waals surface area contributed by atoms with Crippen molar-refractivity contribution in [2.24, 2.45) is 0 Å². The van der Waals surface area contributed by atoms with Crippen LogP contribution in [0.3, 0.4) is 0 Å². The summed E-state index contributed by atoms with van der Waals surface area (Å²) in [6.45, 7) is 0.197. The summed E-state index contributed by atoms with van der Waals surface area (Å²) in [5.41, 5.74) is 1.30. The first-order valence-electron chi connectivity index (χ1n) is 5.90. The zero-order valence-corrected chi connectivity index (χ0v) is 11.1. The first kappa shape index (κ1) is 12.6. The molecule has 0 bridgehead atoms. The predicted molar refractivity (Wildman–Crippen MR) is 76.4 cm³/mol. The fourth-order valence-electron chi connectivity index (χ4n) is 2.04. The number of hydrogen-bond donors (Lipinski definition) is 1. The maximum absolute atomic E-state index is 12.3. The van der Waals surface area contributed by atoms with Gasteiger partial charge in [-0.15, -0.1) is 11.3 Å². The molecule has 0 saturated carbocycles. The van der Waals surface area contributed by atoms with Crippen molar-refractivity contribution in [1.82, 2.24) is 9.55 Å². The number of carboxylic acids is 1. The minimum Gasteiger partial charge on any atom is -0.478 e. The summed E-state index contributed by atoms with van der Waals surface area (Å²) in [6.07, 6.45) is 1.45.